The van der Waals surface area contributed by atoms with Gasteiger partial charge in [0.2, 0.25) is 0 Å². The topological polar surface area (TPSA) is 24.9 Å². The van der Waals surface area contributed by atoms with Gasteiger partial charge in [0.05, 0.1) is 0 Å². The van der Waals surface area contributed by atoms with Crippen molar-refractivity contribution < 1.29 is 0 Å². The standard InChI is InChI=1S/C10H11BrN2/c1-2-7-5-6-12-10-8(7)3-4-9(11)13-10/h2-4H,5-6H2,1H3,(H,12,13)/b7-2-. The van der Waals surface area contributed by atoms with Crippen LogP contribution in [0, 0.1) is 0 Å². The van der Waals surface area contributed by atoms with Crippen LogP contribution in [0.2, 0.25) is 0 Å². The monoisotopic (exact) mass is 238 g/mol. The Morgan fingerprint density at radius 2 is 2.38 bits per heavy atom. The number of hydrogen-bond donors (Lipinski definition) is 1. The van der Waals surface area contributed by atoms with Crippen LogP contribution in [0.3, 0.4) is 0 Å². The molecule has 0 fully saturated rings. The Labute approximate surface area is 86.2 Å². The molecule has 0 amide bonds. The summed E-state index contributed by atoms with van der Waals surface area (Å²) in [6, 6.07) is 4.09. The highest BCUT2D eigenvalue weighted by Crippen LogP contribution is 2.29. The number of aromatic nitrogens is 1. The number of nitrogens with one attached hydrogen (secondary N) is 1. The maximum atomic E-state index is 4.38. The van der Waals surface area contributed by atoms with Crippen LogP contribution in [-0.4, -0.2) is 11.5 Å². The first-order valence-electron chi connectivity index (χ1n) is 4.37. The summed E-state index contributed by atoms with van der Waals surface area (Å²) in [4.78, 5) is 4.38. The Morgan fingerprint density at radius 1 is 1.54 bits per heavy atom. The number of pyridine rings is 1. The summed E-state index contributed by atoms with van der Waals surface area (Å²) in [5.41, 5.74) is 2.62. The fourth-order valence-electron chi connectivity index (χ4n) is 1.58. The van der Waals surface area contributed by atoms with E-state index in [2.05, 4.69) is 45.3 Å². The van der Waals surface area contributed by atoms with Crippen LogP contribution >= 0.6 is 15.9 Å². The highest BCUT2D eigenvalue weighted by atomic mass is 79.9. The Bertz CT molecular complexity index is 358. The van der Waals surface area contributed by atoms with Crippen LogP contribution in [0.4, 0.5) is 5.82 Å². The van der Waals surface area contributed by atoms with Gasteiger partial charge in [0.1, 0.15) is 10.4 Å². The molecule has 1 aromatic heterocycles. The number of anilines is 1. The molecule has 0 saturated carbocycles. The number of halogens is 1. The molecule has 1 aliphatic rings. The molecule has 2 nitrogen and oxygen atoms in total. The average Bonchev–Trinajstić information content (AvgIpc) is 2.16. The largest absolute Gasteiger partial charge is 0.369 e. The highest BCUT2D eigenvalue weighted by molar-refractivity contribution is 9.10. The third-order valence-corrected chi connectivity index (χ3v) is 2.68. The molecule has 1 aliphatic heterocycles. The van der Waals surface area contributed by atoms with Gasteiger partial charge < -0.3 is 5.32 Å². The quantitative estimate of drug-likeness (QED) is 0.704. The van der Waals surface area contributed by atoms with Gasteiger partial charge in [-0.05, 0) is 47.0 Å². The molecular formula is C10H11BrN2. The lowest BCUT2D eigenvalue weighted by Gasteiger charge is -2.19. The summed E-state index contributed by atoms with van der Waals surface area (Å²) >= 11 is 3.36. The number of nitrogens with zero attached hydrogens (tertiary/aromatic N) is 1. The van der Waals surface area contributed by atoms with Crippen molar-refractivity contribution in [2.75, 3.05) is 11.9 Å². The first-order chi connectivity index (χ1) is 6.31. The van der Waals surface area contributed by atoms with Crippen molar-refractivity contribution in [1.82, 2.24) is 4.98 Å². The molecule has 3 heteroatoms. The summed E-state index contributed by atoms with van der Waals surface area (Å²) in [5.74, 6) is 0.994. The fraction of sp³-hybridized carbons (Fsp3) is 0.300. The van der Waals surface area contributed by atoms with Crippen LogP contribution in [0.5, 0.6) is 0 Å². The first kappa shape index (κ1) is 8.75. The molecule has 0 aromatic carbocycles. The normalized spacial score (nSPS) is 18.2. The van der Waals surface area contributed by atoms with E-state index in [9.17, 15) is 0 Å². The molecule has 0 aliphatic carbocycles. The molecule has 2 rings (SSSR count). The Morgan fingerprint density at radius 3 is 3.15 bits per heavy atom. The molecule has 0 saturated heterocycles. The van der Waals surface area contributed by atoms with Crippen LogP contribution in [0.25, 0.3) is 5.57 Å². The van der Waals surface area contributed by atoms with Gasteiger partial charge >= 0.3 is 0 Å². The van der Waals surface area contributed by atoms with E-state index in [1.165, 1.54) is 11.1 Å². The Balaban J connectivity index is 2.52. The van der Waals surface area contributed by atoms with Crippen molar-refractivity contribution in [2.45, 2.75) is 13.3 Å². The minimum absolute atomic E-state index is 0.885. The zero-order valence-corrected chi connectivity index (χ0v) is 9.06. The Kier molecular flexibility index (Phi) is 2.36. The maximum absolute atomic E-state index is 4.38. The zero-order chi connectivity index (χ0) is 9.26. The summed E-state index contributed by atoms with van der Waals surface area (Å²) in [6.45, 7) is 3.06. The first-order valence-corrected chi connectivity index (χ1v) is 5.16. The smallest absolute Gasteiger partial charge is 0.134 e. The van der Waals surface area contributed by atoms with Crippen molar-refractivity contribution in [3.63, 3.8) is 0 Å². The minimum atomic E-state index is 0.885. The Hall–Kier alpha value is -0.830. The lowest BCUT2D eigenvalue weighted by molar-refractivity contribution is 1.01. The number of rotatable bonds is 0. The average molecular weight is 239 g/mol. The van der Waals surface area contributed by atoms with Crippen LogP contribution in [-0.2, 0) is 0 Å². The summed E-state index contributed by atoms with van der Waals surface area (Å²) in [5, 5.41) is 3.29. The SMILES string of the molecule is C/C=C1/CCNc2nc(Br)ccc21. The molecule has 0 spiro atoms. The van der Waals surface area contributed by atoms with E-state index in [1.807, 2.05) is 6.07 Å². The molecule has 1 N–H and O–H groups in total. The lowest BCUT2D eigenvalue weighted by Crippen LogP contribution is -2.12. The molecular weight excluding hydrogens is 228 g/mol. The molecule has 0 radical (unpaired) electrons. The second-order valence-corrected chi connectivity index (χ2v) is 3.83. The van der Waals surface area contributed by atoms with Gasteiger partial charge in [-0.3, -0.25) is 0 Å². The number of allylic oxidation sites excluding steroid dienone is 1. The van der Waals surface area contributed by atoms with Gasteiger partial charge in [-0.1, -0.05) is 6.08 Å². The van der Waals surface area contributed by atoms with Crippen LogP contribution in [0.1, 0.15) is 18.9 Å². The number of fused-ring (bicyclic) bond motifs is 1. The predicted molar refractivity (Wildman–Crippen MR) is 58.7 cm³/mol. The second-order valence-electron chi connectivity index (χ2n) is 3.02. The molecule has 0 bridgehead atoms. The van der Waals surface area contributed by atoms with Gasteiger partial charge in [0.15, 0.2) is 0 Å². The third kappa shape index (κ3) is 1.61. The number of hydrogen-bond acceptors (Lipinski definition) is 2. The highest BCUT2D eigenvalue weighted by Gasteiger charge is 2.13. The van der Waals surface area contributed by atoms with Crippen molar-refractivity contribution in [3.8, 4) is 0 Å². The summed E-state index contributed by atoms with van der Waals surface area (Å²) in [7, 11) is 0. The van der Waals surface area contributed by atoms with E-state index >= 15 is 0 Å². The molecule has 0 atom stereocenters. The van der Waals surface area contributed by atoms with Crippen molar-refractivity contribution >= 4 is 27.3 Å². The zero-order valence-electron chi connectivity index (χ0n) is 7.47. The van der Waals surface area contributed by atoms with Crippen molar-refractivity contribution in [3.05, 3.63) is 28.4 Å². The fourth-order valence-corrected chi connectivity index (χ4v) is 1.89. The molecule has 0 unspecified atom stereocenters. The van der Waals surface area contributed by atoms with E-state index in [0.29, 0.717) is 0 Å². The van der Waals surface area contributed by atoms with E-state index < -0.39 is 0 Å². The minimum Gasteiger partial charge on any atom is -0.369 e. The molecule has 13 heavy (non-hydrogen) atoms. The van der Waals surface area contributed by atoms with Crippen LogP contribution in [0.15, 0.2) is 22.8 Å². The second kappa shape index (κ2) is 3.50. The summed E-state index contributed by atoms with van der Waals surface area (Å²) < 4.78 is 0.885. The van der Waals surface area contributed by atoms with Gasteiger partial charge in [-0.15, -0.1) is 0 Å². The van der Waals surface area contributed by atoms with Crippen LogP contribution < -0.4 is 5.32 Å². The van der Waals surface area contributed by atoms with Gasteiger partial charge in [-0.2, -0.15) is 0 Å². The maximum Gasteiger partial charge on any atom is 0.134 e. The van der Waals surface area contributed by atoms with Gasteiger partial charge in [0.25, 0.3) is 0 Å². The van der Waals surface area contributed by atoms with E-state index in [1.54, 1.807) is 0 Å². The van der Waals surface area contributed by atoms with E-state index in [0.717, 1.165) is 23.4 Å². The van der Waals surface area contributed by atoms with E-state index in [4.69, 9.17) is 0 Å². The molecule has 68 valence electrons. The summed E-state index contributed by atoms with van der Waals surface area (Å²) in [6.07, 6.45) is 3.25. The molecule has 1 aromatic rings. The van der Waals surface area contributed by atoms with E-state index in [-0.39, 0.29) is 0 Å². The van der Waals surface area contributed by atoms with Gasteiger partial charge in [-0.25, -0.2) is 4.98 Å². The third-order valence-electron chi connectivity index (χ3n) is 2.24. The van der Waals surface area contributed by atoms with Gasteiger partial charge in [0, 0.05) is 12.1 Å². The van der Waals surface area contributed by atoms with Crippen molar-refractivity contribution in [1.29, 1.82) is 0 Å². The lowest BCUT2D eigenvalue weighted by atomic mass is 10.0. The predicted octanol–water partition coefficient (Wildman–Crippen LogP) is 3.06. The molecule has 2 heterocycles. The van der Waals surface area contributed by atoms with Crippen molar-refractivity contribution in [2.24, 2.45) is 0 Å².